The minimum atomic E-state index is -0.408. The maximum absolute atomic E-state index is 12.2. The number of hydrogen-bond donors (Lipinski definition) is 0. The van der Waals surface area contributed by atoms with Gasteiger partial charge in [0.05, 0.1) is 0 Å². The largest absolute Gasteiger partial charge is 0.444 e. The molecule has 1 rings (SSSR count). The Morgan fingerprint density at radius 3 is 2.50 bits per heavy atom. The van der Waals surface area contributed by atoms with E-state index in [1.807, 2.05) is 25.7 Å². The summed E-state index contributed by atoms with van der Waals surface area (Å²) in [4.78, 5) is 14.1. The van der Waals surface area contributed by atoms with Crippen molar-refractivity contribution in [3.63, 3.8) is 0 Å². The molecule has 1 aliphatic heterocycles. The summed E-state index contributed by atoms with van der Waals surface area (Å²) < 4.78 is 5.50. The zero-order valence-corrected chi connectivity index (χ0v) is 12.9. The molecule has 0 N–H and O–H groups in total. The van der Waals surface area contributed by atoms with Crippen molar-refractivity contribution in [2.45, 2.75) is 78.4 Å². The fourth-order valence-electron chi connectivity index (χ4n) is 2.71. The lowest BCUT2D eigenvalue weighted by Crippen LogP contribution is -2.45. The van der Waals surface area contributed by atoms with Crippen LogP contribution in [0, 0.1) is 5.92 Å². The van der Waals surface area contributed by atoms with Crippen LogP contribution >= 0.6 is 0 Å². The van der Waals surface area contributed by atoms with Crippen LogP contribution in [0.4, 0.5) is 4.79 Å². The Bertz CT molecular complexity index is 291. The number of hydrogen-bond acceptors (Lipinski definition) is 2. The Balaban J connectivity index is 2.62. The van der Waals surface area contributed by atoms with Crippen molar-refractivity contribution >= 4 is 6.09 Å². The van der Waals surface area contributed by atoms with Gasteiger partial charge in [-0.05, 0) is 53.4 Å². The van der Waals surface area contributed by atoms with Crippen LogP contribution in [0.2, 0.25) is 0 Å². The van der Waals surface area contributed by atoms with E-state index >= 15 is 0 Å². The van der Waals surface area contributed by atoms with Gasteiger partial charge < -0.3 is 9.64 Å². The highest BCUT2D eigenvalue weighted by Crippen LogP contribution is 2.36. The first-order valence-corrected chi connectivity index (χ1v) is 7.16. The Morgan fingerprint density at radius 1 is 1.39 bits per heavy atom. The first kappa shape index (κ1) is 15.3. The Kier molecular flexibility index (Phi) is 4.68. The fraction of sp³-hybridized carbons (Fsp3) is 0.933. The average molecular weight is 255 g/mol. The minimum absolute atomic E-state index is 0.0687. The van der Waals surface area contributed by atoms with Crippen LogP contribution in [0.3, 0.4) is 0 Å². The number of likely N-dealkylation sites (tertiary alicyclic amines) is 1. The molecule has 0 aromatic carbocycles. The molecule has 3 heteroatoms. The fourth-order valence-corrected chi connectivity index (χ4v) is 2.71. The summed E-state index contributed by atoms with van der Waals surface area (Å²) in [6.07, 6.45) is 4.63. The first-order chi connectivity index (χ1) is 8.15. The molecule has 0 aromatic rings. The number of rotatable bonds is 3. The van der Waals surface area contributed by atoms with Gasteiger partial charge in [0.25, 0.3) is 0 Å². The van der Waals surface area contributed by atoms with Gasteiger partial charge in [-0.1, -0.05) is 19.8 Å². The molecule has 1 aliphatic rings. The third-order valence-corrected chi connectivity index (χ3v) is 3.54. The van der Waals surface area contributed by atoms with Crippen LogP contribution in [0.25, 0.3) is 0 Å². The molecule has 1 atom stereocenters. The number of nitrogens with zero attached hydrogens (tertiary/aromatic N) is 1. The van der Waals surface area contributed by atoms with Gasteiger partial charge in [0.15, 0.2) is 0 Å². The van der Waals surface area contributed by atoms with Gasteiger partial charge in [-0.15, -0.1) is 0 Å². The standard InChI is InChI=1S/C15H29NO2/c1-7-8-9-12-10-15(5,6)16(11-12)13(17)18-14(2,3)4/h12H,7-11H2,1-6H3/t12-/m0/s1. The highest BCUT2D eigenvalue weighted by molar-refractivity contribution is 5.69. The SMILES string of the molecule is CCCC[C@@H]1CN(C(=O)OC(C)(C)C)C(C)(C)C1. The number of ether oxygens (including phenoxy) is 1. The molecule has 0 bridgehead atoms. The van der Waals surface area contributed by atoms with Gasteiger partial charge in [-0.3, -0.25) is 0 Å². The molecule has 1 saturated heterocycles. The molecule has 1 heterocycles. The molecule has 0 radical (unpaired) electrons. The third-order valence-electron chi connectivity index (χ3n) is 3.54. The molecular formula is C15H29NO2. The Labute approximate surface area is 112 Å². The predicted octanol–water partition coefficient (Wildman–Crippen LogP) is 4.21. The van der Waals surface area contributed by atoms with Crippen molar-refractivity contribution in [3.05, 3.63) is 0 Å². The lowest BCUT2D eigenvalue weighted by atomic mass is 9.93. The molecule has 18 heavy (non-hydrogen) atoms. The molecule has 106 valence electrons. The average Bonchev–Trinajstić information content (AvgIpc) is 2.48. The van der Waals surface area contributed by atoms with Gasteiger partial charge in [0.1, 0.15) is 5.60 Å². The smallest absolute Gasteiger partial charge is 0.410 e. The summed E-state index contributed by atoms with van der Waals surface area (Å²) in [5, 5.41) is 0. The van der Waals surface area contributed by atoms with Crippen molar-refractivity contribution < 1.29 is 9.53 Å². The van der Waals surface area contributed by atoms with Gasteiger partial charge in [0, 0.05) is 12.1 Å². The zero-order chi connectivity index (χ0) is 14.0. The van der Waals surface area contributed by atoms with E-state index < -0.39 is 5.60 Å². The summed E-state index contributed by atoms with van der Waals surface area (Å²) in [6, 6.07) is 0. The van der Waals surface area contributed by atoms with Gasteiger partial charge >= 0.3 is 6.09 Å². The van der Waals surface area contributed by atoms with E-state index in [1.54, 1.807) is 0 Å². The van der Waals surface area contributed by atoms with Gasteiger partial charge in [-0.2, -0.15) is 0 Å². The maximum atomic E-state index is 12.2. The summed E-state index contributed by atoms with van der Waals surface area (Å²) in [6.45, 7) is 13.1. The second kappa shape index (κ2) is 5.50. The van der Waals surface area contributed by atoms with Crippen LogP contribution in [0.5, 0.6) is 0 Å². The molecular weight excluding hydrogens is 226 g/mol. The quantitative estimate of drug-likeness (QED) is 0.756. The van der Waals surface area contributed by atoms with Crippen molar-refractivity contribution in [2.75, 3.05) is 6.54 Å². The maximum Gasteiger partial charge on any atom is 0.410 e. The third kappa shape index (κ3) is 4.18. The van der Waals surface area contributed by atoms with E-state index in [0.29, 0.717) is 5.92 Å². The van der Waals surface area contributed by atoms with Gasteiger partial charge in [-0.25, -0.2) is 4.79 Å². The van der Waals surface area contributed by atoms with Crippen molar-refractivity contribution in [2.24, 2.45) is 5.92 Å². The molecule has 0 spiro atoms. The van der Waals surface area contributed by atoms with E-state index in [-0.39, 0.29) is 11.6 Å². The first-order valence-electron chi connectivity index (χ1n) is 7.16. The molecule has 1 fully saturated rings. The number of amides is 1. The summed E-state index contributed by atoms with van der Waals surface area (Å²) >= 11 is 0. The molecule has 1 amide bonds. The van der Waals surface area contributed by atoms with Crippen molar-refractivity contribution in [1.29, 1.82) is 0 Å². The van der Waals surface area contributed by atoms with Gasteiger partial charge in [0.2, 0.25) is 0 Å². The van der Waals surface area contributed by atoms with E-state index in [9.17, 15) is 4.79 Å². The van der Waals surface area contributed by atoms with Crippen LogP contribution in [0.1, 0.15) is 67.2 Å². The minimum Gasteiger partial charge on any atom is -0.444 e. The predicted molar refractivity (Wildman–Crippen MR) is 74.7 cm³/mol. The number of carbonyl (C=O) groups excluding carboxylic acids is 1. The Morgan fingerprint density at radius 2 is 2.00 bits per heavy atom. The molecule has 0 aliphatic carbocycles. The monoisotopic (exact) mass is 255 g/mol. The highest BCUT2D eigenvalue weighted by atomic mass is 16.6. The summed E-state index contributed by atoms with van der Waals surface area (Å²) in [5.74, 6) is 0.632. The van der Waals surface area contributed by atoms with Crippen LogP contribution in [-0.2, 0) is 4.74 Å². The topological polar surface area (TPSA) is 29.5 Å². The van der Waals surface area contributed by atoms with Crippen LogP contribution in [-0.4, -0.2) is 28.7 Å². The number of unbranched alkanes of at least 4 members (excludes halogenated alkanes) is 1. The Hall–Kier alpha value is -0.730. The van der Waals surface area contributed by atoms with Crippen molar-refractivity contribution in [3.8, 4) is 0 Å². The van der Waals surface area contributed by atoms with Crippen LogP contribution in [0.15, 0.2) is 0 Å². The zero-order valence-electron chi connectivity index (χ0n) is 12.9. The summed E-state index contributed by atoms with van der Waals surface area (Å²) in [5.41, 5.74) is -0.477. The lowest BCUT2D eigenvalue weighted by Gasteiger charge is -2.33. The van der Waals surface area contributed by atoms with E-state index in [2.05, 4.69) is 20.8 Å². The lowest BCUT2D eigenvalue weighted by molar-refractivity contribution is 0.0131. The van der Waals surface area contributed by atoms with E-state index in [0.717, 1.165) is 13.0 Å². The molecule has 0 aromatic heterocycles. The normalized spacial score (nSPS) is 23.2. The second-order valence-electron chi connectivity index (χ2n) is 7.12. The number of carbonyl (C=O) groups is 1. The molecule has 3 nitrogen and oxygen atoms in total. The van der Waals surface area contributed by atoms with Crippen molar-refractivity contribution in [1.82, 2.24) is 4.90 Å². The van der Waals surface area contributed by atoms with E-state index in [1.165, 1.54) is 19.3 Å². The van der Waals surface area contributed by atoms with Crippen LogP contribution < -0.4 is 0 Å². The second-order valence-corrected chi connectivity index (χ2v) is 7.12. The molecule has 0 saturated carbocycles. The van der Waals surface area contributed by atoms with E-state index in [4.69, 9.17) is 4.74 Å². The highest BCUT2D eigenvalue weighted by Gasteiger charge is 2.42. The summed E-state index contributed by atoms with van der Waals surface area (Å²) in [7, 11) is 0. The molecule has 0 unspecified atom stereocenters.